The number of aromatic nitrogens is 3. The van der Waals surface area contributed by atoms with E-state index < -0.39 is 10.9 Å². The second kappa shape index (κ2) is 6.07. The minimum atomic E-state index is -0.476. The first kappa shape index (κ1) is 15.6. The Labute approximate surface area is 136 Å². The highest BCUT2D eigenvalue weighted by Gasteiger charge is 2.25. The van der Waals surface area contributed by atoms with Gasteiger partial charge in [-0.1, -0.05) is 0 Å². The molecule has 0 saturated carbocycles. The molecule has 0 unspecified atom stereocenters. The minimum Gasteiger partial charge on any atom is -0.462 e. The van der Waals surface area contributed by atoms with E-state index in [1.807, 2.05) is 0 Å². The summed E-state index contributed by atoms with van der Waals surface area (Å²) in [7, 11) is 0. The van der Waals surface area contributed by atoms with Gasteiger partial charge in [0.05, 0.1) is 29.0 Å². The third-order valence-corrected chi connectivity index (χ3v) is 3.65. The molecule has 0 atom stereocenters. The van der Waals surface area contributed by atoms with E-state index in [4.69, 9.17) is 4.74 Å². The zero-order valence-electron chi connectivity index (χ0n) is 13.1. The summed E-state index contributed by atoms with van der Waals surface area (Å²) in [4.78, 5) is 27.1. The Kier molecular flexibility index (Phi) is 3.95. The Bertz CT molecular complexity index is 931. The SMILES string of the molecule is CCOC(=O)c1c(-c2ccc([N+](=O)[O-])cc2)c2nccnn2c1C. The van der Waals surface area contributed by atoms with Gasteiger partial charge in [-0.05, 0) is 31.5 Å². The van der Waals surface area contributed by atoms with Crippen molar-refractivity contribution in [1.29, 1.82) is 0 Å². The number of nitrogens with zero attached hydrogens (tertiary/aromatic N) is 4. The smallest absolute Gasteiger partial charge is 0.340 e. The van der Waals surface area contributed by atoms with Gasteiger partial charge in [0, 0.05) is 23.9 Å². The second-order valence-corrected chi connectivity index (χ2v) is 5.04. The fourth-order valence-corrected chi connectivity index (χ4v) is 2.60. The van der Waals surface area contributed by atoms with E-state index in [2.05, 4.69) is 10.1 Å². The van der Waals surface area contributed by atoms with Crippen molar-refractivity contribution in [2.75, 3.05) is 6.61 Å². The average Bonchev–Trinajstić information content (AvgIpc) is 2.88. The molecule has 0 spiro atoms. The van der Waals surface area contributed by atoms with Gasteiger partial charge in [-0.25, -0.2) is 14.3 Å². The number of rotatable bonds is 4. The van der Waals surface area contributed by atoms with Gasteiger partial charge in [-0.15, -0.1) is 0 Å². The van der Waals surface area contributed by atoms with Crippen molar-refractivity contribution in [3.05, 3.63) is 58.0 Å². The highest BCUT2D eigenvalue weighted by atomic mass is 16.6. The summed E-state index contributed by atoms with van der Waals surface area (Å²) in [6.07, 6.45) is 3.05. The maximum atomic E-state index is 12.4. The second-order valence-electron chi connectivity index (χ2n) is 5.04. The van der Waals surface area contributed by atoms with E-state index in [1.54, 1.807) is 30.5 Å². The summed E-state index contributed by atoms with van der Waals surface area (Å²) in [5.74, 6) is -0.476. The molecule has 0 fully saturated rings. The van der Waals surface area contributed by atoms with E-state index in [0.29, 0.717) is 28.0 Å². The van der Waals surface area contributed by atoms with Crippen LogP contribution in [0.4, 0.5) is 5.69 Å². The Balaban J connectivity index is 2.27. The van der Waals surface area contributed by atoms with Gasteiger partial charge in [0.2, 0.25) is 0 Å². The quantitative estimate of drug-likeness (QED) is 0.415. The van der Waals surface area contributed by atoms with Gasteiger partial charge < -0.3 is 4.74 Å². The van der Waals surface area contributed by atoms with Crippen LogP contribution < -0.4 is 0 Å². The zero-order chi connectivity index (χ0) is 17.3. The highest BCUT2D eigenvalue weighted by Crippen LogP contribution is 2.33. The van der Waals surface area contributed by atoms with Crippen molar-refractivity contribution in [1.82, 2.24) is 14.6 Å². The van der Waals surface area contributed by atoms with Crippen molar-refractivity contribution in [3.8, 4) is 11.1 Å². The molecule has 0 bridgehead atoms. The van der Waals surface area contributed by atoms with Gasteiger partial charge in [-0.2, -0.15) is 5.10 Å². The maximum absolute atomic E-state index is 12.4. The minimum absolute atomic E-state index is 0.0252. The first-order valence-corrected chi connectivity index (χ1v) is 7.28. The molecular weight excluding hydrogens is 312 g/mol. The standard InChI is InChI=1S/C16H14N4O4/c1-3-24-16(21)13-10(2)19-15(17-8-9-18-19)14(13)11-4-6-12(7-5-11)20(22)23/h4-9H,3H2,1-2H3. The van der Waals surface area contributed by atoms with Crippen molar-refractivity contribution in [3.63, 3.8) is 0 Å². The van der Waals surface area contributed by atoms with E-state index in [-0.39, 0.29) is 12.3 Å². The molecule has 24 heavy (non-hydrogen) atoms. The van der Waals surface area contributed by atoms with Crippen molar-refractivity contribution in [2.45, 2.75) is 13.8 Å². The zero-order valence-corrected chi connectivity index (χ0v) is 13.1. The lowest BCUT2D eigenvalue weighted by molar-refractivity contribution is -0.384. The van der Waals surface area contributed by atoms with Gasteiger partial charge in [0.1, 0.15) is 0 Å². The number of hydrogen-bond acceptors (Lipinski definition) is 6. The molecule has 8 heteroatoms. The lowest BCUT2D eigenvalue weighted by Gasteiger charge is -2.05. The van der Waals surface area contributed by atoms with Crippen molar-refractivity contribution in [2.24, 2.45) is 0 Å². The van der Waals surface area contributed by atoms with E-state index in [0.717, 1.165) is 0 Å². The molecule has 1 aromatic carbocycles. The molecule has 0 N–H and O–H groups in total. The van der Waals surface area contributed by atoms with Crippen LogP contribution in [0.1, 0.15) is 23.0 Å². The number of carbonyl (C=O) groups excluding carboxylic acids is 1. The molecule has 0 radical (unpaired) electrons. The van der Waals surface area contributed by atoms with Gasteiger partial charge in [0.25, 0.3) is 5.69 Å². The highest BCUT2D eigenvalue weighted by molar-refractivity contribution is 6.03. The van der Waals surface area contributed by atoms with Crippen LogP contribution in [0.25, 0.3) is 16.8 Å². The lowest BCUT2D eigenvalue weighted by atomic mass is 10.0. The van der Waals surface area contributed by atoms with Crippen LogP contribution >= 0.6 is 0 Å². The average molecular weight is 326 g/mol. The Morgan fingerprint density at radius 1 is 1.29 bits per heavy atom. The number of carbonyl (C=O) groups is 1. The predicted octanol–water partition coefficient (Wildman–Crippen LogP) is 2.79. The predicted molar refractivity (Wildman–Crippen MR) is 85.8 cm³/mol. The third kappa shape index (κ3) is 2.47. The number of nitro groups is 1. The Hall–Kier alpha value is -3.29. The number of aryl methyl sites for hydroxylation is 1. The van der Waals surface area contributed by atoms with Crippen molar-refractivity contribution >= 4 is 17.3 Å². The summed E-state index contributed by atoms with van der Waals surface area (Å²) in [6, 6.07) is 5.95. The summed E-state index contributed by atoms with van der Waals surface area (Å²) in [5.41, 5.74) is 2.61. The van der Waals surface area contributed by atoms with E-state index in [9.17, 15) is 14.9 Å². The fourth-order valence-electron chi connectivity index (χ4n) is 2.60. The van der Waals surface area contributed by atoms with E-state index >= 15 is 0 Å². The molecular formula is C16H14N4O4. The number of benzene rings is 1. The lowest BCUT2D eigenvalue weighted by Crippen LogP contribution is -2.07. The largest absolute Gasteiger partial charge is 0.462 e. The first-order chi connectivity index (χ1) is 11.5. The first-order valence-electron chi connectivity index (χ1n) is 7.28. The van der Waals surface area contributed by atoms with Crippen LogP contribution in [0, 0.1) is 17.0 Å². The summed E-state index contributed by atoms with van der Waals surface area (Å²) >= 11 is 0. The number of hydrogen-bond donors (Lipinski definition) is 0. The molecule has 2 aromatic heterocycles. The monoisotopic (exact) mass is 326 g/mol. The molecule has 0 aliphatic carbocycles. The molecule has 0 amide bonds. The van der Waals surface area contributed by atoms with Crippen LogP contribution in [0.2, 0.25) is 0 Å². The van der Waals surface area contributed by atoms with Crippen LogP contribution in [-0.4, -0.2) is 32.1 Å². The molecule has 3 aromatic rings. The van der Waals surface area contributed by atoms with Crippen LogP contribution in [0.3, 0.4) is 0 Å². The number of non-ortho nitro benzene ring substituents is 1. The Morgan fingerprint density at radius 2 is 2.00 bits per heavy atom. The number of nitro benzene ring substituents is 1. The normalized spacial score (nSPS) is 10.8. The topological polar surface area (TPSA) is 99.6 Å². The summed E-state index contributed by atoms with van der Waals surface area (Å²) in [5, 5.41) is 15.0. The van der Waals surface area contributed by atoms with Crippen LogP contribution in [-0.2, 0) is 4.74 Å². The van der Waals surface area contributed by atoms with E-state index in [1.165, 1.54) is 24.5 Å². The molecule has 8 nitrogen and oxygen atoms in total. The van der Waals surface area contributed by atoms with Crippen LogP contribution in [0.5, 0.6) is 0 Å². The molecule has 0 aliphatic rings. The van der Waals surface area contributed by atoms with Gasteiger partial charge >= 0.3 is 5.97 Å². The van der Waals surface area contributed by atoms with Crippen molar-refractivity contribution < 1.29 is 14.5 Å². The number of fused-ring (bicyclic) bond motifs is 1. The van der Waals surface area contributed by atoms with Crippen LogP contribution in [0.15, 0.2) is 36.7 Å². The summed E-state index contributed by atoms with van der Waals surface area (Å²) in [6.45, 7) is 3.72. The number of esters is 1. The maximum Gasteiger partial charge on any atom is 0.340 e. The van der Waals surface area contributed by atoms with Gasteiger partial charge in [0.15, 0.2) is 5.65 Å². The molecule has 0 aliphatic heterocycles. The fraction of sp³-hybridized carbons (Fsp3) is 0.188. The molecule has 2 heterocycles. The third-order valence-electron chi connectivity index (χ3n) is 3.65. The number of ether oxygens (including phenoxy) is 1. The molecule has 3 rings (SSSR count). The van der Waals surface area contributed by atoms with Gasteiger partial charge in [-0.3, -0.25) is 10.1 Å². The molecule has 122 valence electrons. The Morgan fingerprint density at radius 3 is 2.62 bits per heavy atom. The summed E-state index contributed by atoms with van der Waals surface area (Å²) < 4.78 is 6.70. The molecule has 0 saturated heterocycles.